The number of rotatable bonds is 7. The Hall–Kier alpha value is -1.00. The van der Waals surface area contributed by atoms with E-state index in [0.29, 0.717) is 0 Å². The normalized spacial score (nSPS) is 12.5. The zero-order chi connectivity index (χ0) is 14.3. The first-order valence-electron chi connectivity index (χ1n) is 6.69. The second-order valence-electron chi connectivity index (χ2n) is 4.73. The van der Waals surface area contributed by atoms with Crippen LogP contribution in [0, 0.1) is 0 Å². The average Bonchev–Trinajstić information content (AvgIpc) is 2.44. The van der Waals surface area contributed by atoms with Crippen LogP contribution in [0.25, 0.3) is 0 Å². The molecular formula is C15H24N2OS. The van der Waals surface area contributed by atoms with Crippen LogP contribution in [0.15, 0.2) is 29.2 Å². The van der Waals surface area contributed by atoms with E-state index in [1.165, 1.54) is 10.5 Å². The SMILES string of the molecule is CCCNC(=O)C(C)N(C)Cc1ccc(SC)cc1. The number of amides is 1. The fourth-order valence-electron chi connectivity index (χ4n) is 1.75. The topological polar surface area (TPSA) is 32.3 Å². The van der Waals surface area contributed by atoms with E-state index in [-0.39, 0.29) is 11.9 Å². The van der Waals surface area contributed by atoms with Gasteiger partial charge in [0.2, 0.25) is 5.91 Å². The van der Waals surface area contributed by atoms with Gasteiger partial charge in [-0.25, -0.2) is 0 Å². The van der Waals surface area contributed by atoms with Gasteiger partial charge < -0.3 is 5.32 Å². The van der Waals surface area contributed by atoms with Crippen LogP contribution < -0.4 is 5.32 Å². The summed E-state index contributed by atoms with van der Waals surface area (Å²) in [5, 5.41) is 2.93. The standard InChI is InChI=1S/C15H24N2OS/c1-5-10-16-15(18)12(2)17(3)11-13-6-8-14(19-4)9-7-13/h6-9,12H,5,10-11H2,1-4H3,(H,16,18). The number of carbonyl (C=O) groups excluding carboxylic acids is 1. The van der Waals surface area contributed by atoms with Crippen molar-refractivity contribution in [2.75, 3.05) is 19.8 Å². The molecule has 1 unspecified atom stereocenters. The molecule has 1 rings (SSSR count). The van der Waals surface area contributed by atoms with Crippen LogP contribution in [0.4, 0.5) is 0 Å². The summed E-state index contributed by atoms with van der Waals surface area (Å²) in [7, 11) is 1.98. The number of nitrogens with one attached hydrogen (secondary N) is 1. The second kappa shape index (κ2) is 8.23. The van der Waals surface area contributed by atoms with Gasteiger partial charge in [0.25, 0.3) is 0 Å². The maximum Gasteiger partial charge on any atom is 0.237 e. The summed E-state index contributed by atoms with van der Waals surface area (Å²) in [6, 6.07) is 8.38. The van der Waals surface area contributed by atoms with Gasteiger partial charge in [-0.05, 0) is 44.3 Å². The molecule has 3 nitrogen and oxygen atoms in total. The van der Waals surface area contributed by atoms with Gasteiger partial charge in [0.05, 0.1) is 6.04 Å². The fraction of sp³-hybridized carbons (Fsp3) is 0.533. The Balaban J connectivity index is 2.52. The zero-order valence-electron chi connectivity index (χ0n) is 12.3. The lowest BCUT2D eigenvalue weighted by Gasteiger charge is -2.24. The third kappa shape index (κ3) is 5.25. The van der Waals surface area contributed by atoms with E-state index in [1.54, 1.807) is 11.8 Å². The molecule has 19 heavy (non-hydrogen) atoms. The van der Waals surface area contributed by atoms with Gasteiger partial charge in [-0.15, -0.1) is 11.8 Å². The van der Waals surface area contributed by atoms with Crippen molar-refractivity contribution in [2.45, 2.75) is 37.8 Å². The summed E-state index contributed by atoms with van der Waals surface area (Å²) in [6.07, 6.45) is 3.04. The summed E-state index contributed by atoms with van der Waals surface area (Å²) < 4.78 is 0. The molecule has 0 saturated carbocycles. The van der Waals surface area contributed by atoms with Crippen molar-refractivity contribution in [3.63, 3.8) is 0 Å². The van der Waals surface area contributed by atoms with E-state index in [0.717, 1.165) is 19.5 Å². The van der Waals surface area contributed by atoms with Gasteiger partial charge in [0.1, 0.15) is 0 Å². The van der Waals surface area contributed by atoms with Crippen LogP contribution in [0.1, 0.15) is 25.8 Å². The smallest absolute Gasteiger partial charge is 0.237 e. The zero-order valence-corrected chi connectivity index (χ0v) is 13.1. The van der Waals surface area contributed by atoms with Gasteiger partial charge in [0, 0.05) is 18.0 Å². The number of hydrogen-bond donors (Lipinski definition) is 1. The largest absolute Gasteiger partial charge is 0.355 e. The van der Waals surface area contributed by atoms with Crippen molar-refractivity contribution in [1.29, 1.82) is 0 Å². The Kier molecular flexibility index (Phi) is 6.95. The van der Waals surface area contributed by atoms with E-state index in [2.05, 4.69) is 47.7 Å². The summed E-state index contributed by atoms with van der Waals surface area (Å²) in [4.78, 5) is 15.2. The van der Waals surface area contributed by atoms with Crippen molar-refractivity contribution in [3.05, 3.63) is 29.8 Å². The fourth-order valence-corrected chi connectivity index (χ4v) is 2.16. The van der Waals surface area contributed by atoms with E-state index in [4.69, 9.17) is 0 Å². The van der Waals surface area contributed by atoms with Crippen LogP contribution in [-0.2, 0) is 11.3 Å². The number of benzene rings is 1. The minimum Gasteiger partial charge on any atom is -0.355 e. The summed E-state index contributed by atoms with van der Waals surface area (Å²) in [6.45, 7) is 5.54. The average molecular weight is 280 g/mol. The van der Waals surface area contributed by atoms with Crippen LogP contribution >= 0.6 is 11.8 Å². The Morgan fingerprint density at radius 3 is 2.53 bits per heavy atom. The van der Waals surface area contributed by atoms with Gasteiger partial charge >= 0.3 is 0 Å². The van der Waals surface area contributed by atoms with Crippen LogP contribution in [0.5, 0.6) is 0 Å². The van der Waals surface area contributed by atoms with Gasteiger partial charge in [-0.1, -0.05) is 19.1 Å². The number of hydrogen-bond acceptors (Lipinski definition) is 3. The first-order valence-corrected chi connectivity index (χ1v) is 7.91. The first-order chi connectivity index (χ1) is 9.08. The lowest BCUT2D eigenvalue weighted by molar-refractivity contribution is -0.125. The van der Waals surface area contributed by atoms with Crippen molar-refractivity contribution in [1.82, 2.24) is 10.2 Å². The molecule has 0 fully saturated rings. The van der Waals surface area contributed by atoms with Gasteiger partial charge in [-0.3, -0.25) is 9.69 Å². The van der Waals surface area contributed by atoms with Gasteiger partial charge in [-0.2, -0.15) is 0 Å². The molecule has 106 valence electrons. The van der Waals surface area contributed by atoms with Crippen molar-refractivity contribution in [3.8, 4) is 0 Å². The molecule has 1 N–H and O–H groups in total. The Bertz CT molecular complexity index is 392. The van der Waals surface area contributed by atoms with Crippen molar-refractivity contribution >= 4 is 17.7 Å². The molecule has 0 aliphatic carbocycles. The lowest BCUT2D eigenvalue weighted by Crippen LogP contribution is -2.43. The van der Waals surface area contributed by atoms with E-state index < -0.39 is 0 Å². The lowest BCUT2D eigenvalue weighted by atomic mass is 10.2. The summed E-state index contributed by atoms with van der Waals surface area (Å²) >= 11 is 1.74. The Morgan fingerprint density at radius 2 is 2.00 bits per heavy atom. The highest BCUT2D eigenvalue weighted by atomic mass is 32.2. The Labute approximate surface area is 120 Å². The molecular weight excluding hydrogens is 256 g/mol. The van der Waals surface area contributed by atoms with Crippen LogP contribution in [-0.4, -0.2) is 36.7 Å². The third-order valence-corrected chi connectivity index (χ3v) is 3.92. The van der Waals surface area contributed by atoms with Crippen LogP contribution in [0.3, 0.4) is 0 Å². The molecule has 0 radical (unpaired) electrons. The van der Waals surface area contributed by atoms with E-state index in [1.807, 2.05) is 14.0 Å². The second-order valence-corrected chi connectivity index (χ2v) is 5.61. The number of nitrogens with zero attached hydrogens (tertiary/aromatic N) is 1. The summed E-state index contributed by atoms with van der Waals surface area (Å²) in [5.41, 5.74) is 1.23. The minimum absolute atomic E-state index is 0.102. The molecule has 1 aromatic carbocycles. The molecule has 0 bridgehead atoms. The predicted octanol–water partition coefficient (Wildman–Crippen LogP) is 2.76. The highest BCUT2D eigenvalue weighted by molar-refractivity contribution is 7.98. The quantitative estimate of drug-likeness (QED) is 0.780. The molecule has 0 aliphatic heterocycles. The van der Waals surface area contributed by atoms with Crippen LogP contribution in [0.2, 0.25) is 0 Å². The monoisotopic (exact) mass is 280 g/mol. The predicted molar refractivity (Wildman–Crippen MR) is 82.5 cm³/mol. The summed E-state index contributed by atoms with van der Waals surface area (Å²) in [5.74, 6) is 0.102. The van der Waals surface area contributed by atoms with Crippen molar-refractivity contribution in [2.24, 2.45) is 0 Å². The first kappa shape index (κ1) is 16.1. The number of likely N-dealkylation sites (N-methyl/N-ethyl adjacent to an activating group) is 1. The maximum absolute atomic E-state index is 11.9. The molecule has 1 aromatic rings. The molecule has 1 atom stereocenters. The van der Waals surface area contributed by atoms with E-state index >= 15 is 0 Å². The van der Waals surface area contributed by atoms with Crippen molar-refractivity contribution < 1.29 is 4.79 Å². The third-order valence-electron chi connectivity index (χ3n) is 3.18. The van der Waals surface area contributed by atoms with Gasteiger partial charge in [0.15, 0.2) is 0 Å². The Morgan fingerprint density at radius 1 is 1.37 bits per heavy atom. The molecule has 4 heteroatoms. The molecule has 0 spiro atoms. The molecule has 0 saturated heterocycles. The number of carbonyl (C=O) groups is 1. The minimum atomic E-state index is -0.105. The highest BCUT2D eigenvalue weighted by Crippen LogP contribution is 2.16. The molecule has 0 aromatic heterocycles. The molecule has 0 heterocycles. The number of thioether (sulfide) groups is 1. The van der Waals surface area contributed by atoms with E-state index in [9.17, 15) is 4.79 Å². The molecule has 1 amide bonds. The molecule has 0 aliphatic rings. The maximum atomic E-state index is 11.9. The highest BCUT2D eigenvalue weighted by Gasteiger charge is 2.17.